The van der Waals surface area contributed by atoms with Gasteiger partial charge in [-0.3, -0.25) is 9.78 Å². The van der Waals surface area contributed by atoms with Gasteiger partial charge in [0.25, 0.3) is 5.91 Å². The lowest BCUT2D eigenvalue weighted by Gasteiger charge is -2.17. The van der Waals surface area contributed by atoms with Crippen LogP contribution in [0, 0.1) is 0 Å². The molecule has 0 spiro atoms. The van der Waals surface area contributed by atoms with Crippen LogP contribution in [0.3, 0.4) is 0 Å². The van der Waals surface area contributed by atoms with E-state index < -0.39 is 0 Å². The summed E-state index contributed by atoms with van der Waals surface area (Å²) in [5.41, 5.74) is 3.36. The minimum Gasteiger partial charge on any atom is -0.371 e. The standard InChI is InChI=1S/C23H23N5O2/c29-22(21-16-20(12-13-24-21)28-14-4-5-15-28)25-18-8-10-19(11-9-18)27-23(30)26-17-6-2-1-3-7-17/h1-3,6-13,16H,4-5,14-15H2,(H,25,29)(H2,26,27,30). The predicted octanol–water partition coefficient (Wildman–Crippen LogP) is 4.58. The molecule has 152 valence electrons. The van der Waals surface area contributed by atoms with Crippen LogP contribution >= 0.6 is 0 Å². The van der Waals surface area contributed by atoms with E-state index in [4.69, 9.17) is 0 Å². The van der Waals surface area contributed by atoms with Crippen molar-refractivity contribution in [1.29, 1.82) is 0 Å². The zero-order chi connectivity index (χ0) is 20.8. The maximum absolute atomic E-state index is 12.6. The van der Waals surface area contributed by atoms with Crippen molar-refractivity contribution in [1.82, 2.24) is 4.98 Å². The molecule has 3 amide bonds. The van der Waals surface area contributed by atoms with Gasteiger partial charge in [0.05, 0.1) is 0 Å². The lowest BCUT2D eigenvalue weighted by molar-refractivity contribution is 0.102. The number of carbonyl (C=O) groups excluding carboxylic acids is 2. The number of hydrogen-bond acceptors (Lipinski definition) is 4. The highest BCUT2D eigenvalue weighted by atomic mass is 16.2. The van der Waals surface area contributed by atoms with Gasteiger partial charge >= 0.3 is 6.03 Å². The largest absolute Gasteiger partial charge is 0.371 e. The number of nitrogens with one attached hydrogen (secondary N) is 3. The Balaban J connectivity index is 1.34. The quantitative estimate of drug-likeness (QED) is 0.584. The molecular weight excluding hydrogens is 378 g/mol. The Bertz CT molecular complexity index is 1020. The van der Waals surface area contributed by atoms with Gasteiger partial charge in [0.1, 0.15) is 5.69 Å². The van der Waals surface area contributed by atoms with Gasteiger partial charge in [-0.25, -0.2) is 4.79 Å². The number of pyridine rings is 1. The molecule has 7 heteroatoms. The first kappa shape index (κ1) is 19.4. The van der Waals surface area contributed by atoms with Crippen molar-refractivity contribution < 1.29 is 9.59 Å². The summed E-state index contributed by atoms with van der Waals surface area (Å²) >= 11 is 0. The van der Waals surface area contributed by atoms with Crippen LogP contribution in [0.5, 0.6) is 0 Å². The Hall–Kier alpha value is -3.87. The number of benzene rings is 2. The maximum atomic E-state index is 12.6. The Morgan fingerprint density at radius 3 is 2.03 bits per heavy atom. The number of aromatic nitrogens is 1. The Morgan fingerprint density at radius 2 is 1.37 bits per heavy atom. The molecule has 0 radical (unpaired) electrons. The molecule has 0 aliphatic carbocycles. The lowest BCUT2D eigenvalue weighted by Crippen LogP contribution is -2.20. The first-order valence-corrected chi connectivity index (χ1v) is 9.93. The van der Waals surface area contributed by atoms with Crippen molar-refractivity contribution in [3.63, 3.8) is 0 Å². The average molecular weight is 401 g/mol. The van der Waals surface area contributed by atoms with Gasteiger partial charge in [-0.1, -0.05) is 18.2 Å². The molecule has 1 fully saturated rings. The molecule has 0 bridgehead atoms. The number of amides is 3. The minimum absolute atomic E-state index is 0.265. The Labute approximate surface area is 175 Å². The second-order valence-electron chi connectivity index (χ2n) is 7.07. The normalized spacial score (nSPS) is 13.0. The number of urea groups is 1. The van der Waals surface area contributed by atoms with E-state index in [-0.39, 0.29) is 11.9 Å². The molecule has 4 rings (SSSR count). The summed E-state index contributed by atoms with van der Waals surface area (Å²) in [6, 6.07) is 19.6. The minimum atomic E-state index is -0.332. The third-order valence-corrected chi connectivity index (χ3v) is 4.88. The fourth-order valence-corrected chi connectivity index (χ4v) is 3.36. The van der Waals surface area contributed by atoms with E-state index in [1.54, 1.807) is 30.5 Å². The van der Waals surface area contributed by atoms with Crippen LogP contribution < -0.4 is 20.9 Å². The molecule has 1 aliphatic heterocycles. The van der Waals surface area contributed by atoms with Crippen LogP contribution in [0.2, 0.25) is 0 Å². The van der Waals surface area contributed by atoms with Crippen LogP contribution in [-0.4, -0.2) is 30.0 Å². The number of carbonyl (C=O) groups is 2. The molecule has 3 N–H and O–H groups in total. The zero-order valence-electron chi connectivity index (χ0n) is 16.5. The van der Waals surface area contributed by atoms with Gasteiger partial charge in [0.2, 0.25) is 0 Å². The van der Waals surface area contributed by atoms with Crippen LogP contribution in [-0.2, 0) is 0 Å². The number of anilines is 4. The van der Waals surface area contributed by atoms with Crippen LogP contribution in [0.4, 0.5) is 27.5 Å². The summed E-state index contributed by atoms with van der Waals surface area (Å²) in [4.78, 5) is 31.1. The summed E-state index contributed by atoms with van der Waals surface area (Å²) in [6.45, 7) is 2.02. The number of para-hydroxylation sites is 1. The highest BCUT2D eigenvalue weighted by Gasteiger charge is 2.15. The van der Waals surface area contributed by atoms with Crippen molar-refractivity contribution in [3.05, 3.63) is 78.6 Å². The Kier molecular flexibility index (Phi) is 5.89. The molecule has 2 heterocycles. The van der Waals surface area contributed by atoms with Crippen LogP contribution in [0.15, 0.2) is 72.9 Å². The van der Waals surface area contributed by atoms with E-state index in [2.05, 4.69) is 25.8 Å². The molecule has 7 nitrogen and oxygen atoms in total. The molecule has 2 aromatic carbocycles. The van der Waals surface area contributed by atoms with E-state index in [9.17, 15) is 9.59 Å². The van der Waals surface area contributed by atoms with E-state index in [1.165, 1.54) is 12.8 Å². The van der Waals surface area contributed by atoms with Crippen molar-refractivity contribution >= 4 is 34.7 Å². The summed E-state index contributed by atoms with van der Waals surface area (Å²) < 4.78 is 0. The van der Waals surface area contributed by atoms with Gasteiger partial charge in [-0.2, -0.15) is 0 Å². The van der Waals surface area contributed by atoms with Crippen LogP contribution in [0.1, 0.15) is 23.3 Å². The molecule has 3 aromatic rings. The number of nitrogens with zero attached hydrogens (tertiary/aromatic N) is 2. The molecule has 0 saturated carbocycles. The zero-order valence-corrected chi connectivity index (χ0v) is 16.5. The van der Waals surface area contributed by atoms with E-state index in [1.807, 2.05) is 42.5 Å². The third-order valence-electron chi connectivity index (χ3n) is 4.88. The summed E-state index contributed by atoms with van der Waals surface area (Å²) in [5, 5.41) is 8.36. The summed E-state index contributed by atoms with van der Waals surface area (Å²) in [6.07, 6.45) is 4.02. The Morgan fingerprint density at radius 1 is 0.767 bits per heavy atom. The lowest BCUT2D eigenvalue weighted by atomic mass is 10.2. The van der Waals surface area contributed by atoms with Gasteiger partial charge in [-0.15, -0.1) is 0 Å². The fraction of sp³-hybridized carbons (Fsp3) is 0.174. The molecule has 30 heavy (non-hydrogen) atoms. The SMILES string of the molecule is O=C(Nc1ccccc1)Nc1ccc(NC(=O)c2cc(N3CCCC3)ccn2)cc1. The van der Waals surface area contributed by atoms with E-state index in [0.717, 1.165) is 18.8 Å². The number of hydrogen-bond donors (Lipinski definition) is 3. The first-order chi connectivity index (χ1) is 14.7. The van der Waals surface area contributed by atoms with Gasteiger partial charge in [0, 0.05) is 42.0 Å². The highest BCUT2D eigenvalue weighted by Crippen LogP contribution is 2.21. The van der Waals surface area contributed by atoms with Crippen LogP contribution in [0.25, 0.3) is 0 Å². The highest BCUT2D eigenvalue weighted by molar-refractivity contribution is 6.04. The topological polar surface area (TPSA) is 86.4 Å². The number of rotatable bonds is 5. The van der Waals surface area contributed by atoms with Gasteiger partial charge in [-0.05, 0) is 61.4 Å². The van der Waals surface area contributed by atoms with Gasteiger partial charge < -0.3 is 20.9 Å². The summed E-state index contributed by atoms with van der Waals surface area (Å²) in [7, 11) is 0. The van der Waals surface area contributed by atoms with Crippen molar-refractivity contribution in [2.24, 2.45) is 0 Å². The molecule has 1 aliphatic rings. The monoisotopic (exact) mass is 401 g/mol. The summed E-state index contributed by atoms with van der Waals surface area (Å²) in [5.74, 6) is -0.265. The van der Waals surface area contributed by atoms with Crippen molar-refractivity contribution in [2.45, 2.75) is 12.8 Å². The fourth-order valence-electron chi connectivity index (χ4n) is 3.36. The van der Waals surface area contributed by atoms with E-state index >= 15 is 0 Å². The van der Waals surface area contributed by atoms with Gasteiger partial charge in [0.15, 0.2) is 0 Å². The molecule has 1 saturated heterocycles. The van der Waals surface area contributed by atoms with Crippen molar-refractivity contribution in [3.8, 4) is 0 Å². The van der Waals surface area contributed by atoms with Crippen molar-refractivity contribution in [2.75, 3.05) is 33.9 Å². The van der Waals surface area contributed by atoms with E-state index in [0.29, 0.717) is 22.8 Å². The maximum Gasteiger partial charge on any atom is 0.323 e. The molecule has 0 atom stereocenters. The third kappa shape index (κ3) is 4.94. The predicted molar refractivity (Wildman–Crippen MR) is 119 cm³/mol. The molecule has 1 aromatic heterocycles. The second-order valence-corrected chi connectivity index (χ2v) is 7.07. The molecule has 0 unspecified atom stereocenters. The molecular formula is C23H23N5O2. The average Bonchev–Trinajstić information content (AvgIpc) is 3.31. The second kappa shape index (κ2) is 9.09. The smallest absolute Gasteiger partial charge is 0.323 e. The first-order valence-electron chi connectivity index (χ1n) is 9.93.